The minimum absolute atomic E-state index is 0.260. The standard InChI is InChI=1S/C36H45BrN8O3S/c1-45-31(18-24-20-40-28-11-4-3-10-27(24)28)34(47)42-19-23-9-2-5-14-32(23)49-35-25(17-26(37)22-43-35)21-41-29(13-8-16-39)33(46)44-30(36(45)48)12-6-7-15-38/h2-5,9-11,14,17,20,22,29-31,40-41H,6-8,12-13,15-16,18-19,21,38-39H2,1H3,(H,42,47)(H,44,46)/t29-,30-,31-/m0/s1. The number of rotatable bonds is 9. The third kappa shape index (κ3) is 9.49. The maximum Gasteiger partial charge on any atom is 0.245 e. The second-order valence-corrected chi connectivity index (χ2v) is 14.2. The molecule has 0 radical (unpaired) electrons. The van der Waals surface area contributed by atoms with Crippen LogP contribution in [0.1, 0.15) is 48.8 Å². The number of carbonyl (C=O) groups excluding carboxylic acids is 3. The van der Waals surface area contributed by atoms with E-state index in [9.17, 15) is 14.4 Å². The molecule has 1 aliphatic rings. The predicted molar refractivity (Wildman–Crippen MR) is 197 cm³/mol. The van der Waals surface area contributed by atoms with Gasteiger partial charge in [-0.1, -0.05) is 48.2 Å². The highest BCUT2D eigenvalue weighted by atomic mass is 79.9. The van der Waals surface area contributed by atoms with Gasteiger partial charge in [0.2, 0.25) is 17.7 Å². The molecule has 4 aromatic rings. The number of likely N-dealkylation sites (N-methyl/N-ethyl adjacent to an activating group) is 1. The van der Waals surface area contributed by atoms with Crippen LogP contribution in [0.4, 0.5) is 0 Å². The van der Waals surface area contributed by atoms with Crippen LogP contribution in [-0.2, 0) is 33.9 Å². The smallest absolute Gasteiger partial charge is 0.245 e. The molecule has 13 heteroatoms. The van der Waals surface area contributed by atoms with Crippen LogP contribution in [0, 0.1) is 0 Å². The monoisotopic (exact) mass is 748 g/mol. The van der Waals surface area contributed by atoms with Crippen molar-refractivity contribution in [2.24, 2.45) is 11.5 Å². The topological polar surface area (TPSA) is 171 Å². The molecule has 2 aromatic heterocycles. The number of amides is 3. The molecule has 0 saturated carbocycles. The fourth-order valence-electron chi connectivity index (χ4n) is 6.06. The van der Waals surface area contributed by atoms with Crippen molar-refractivity contribution in [3.05, 3.63) is 88.2 Å². The van der Waals surface area contributed by atoms with Gasteiger partial charge in [0.25, 0.3) is 0 Å². The number of carbonyl (C=O) groups is 3. The summed E-state index contributed by atoms with van der Waals surface area (Å²) in [6, 6.07) is 15.5. The molecule has 5 rings (SSSR count). The van der Waals surface area contributed by atoms with Crippen LogP contribution in [0.15, 0.2) is 81.4 Å². The molecular weight excluding hydrogens is 704 g/mol. The summed E-state index contributed by atoms with van der Waals surface area (Å²) in [6.45, 7) is 1.53. The number of para-hydroxylation sites is 1. The van der Waals surface area contributed by atoms with Crippen molar-refractivity contribution < 1.29 is 14.4 Å². The number of nitrogens with one attached hydrogen (secondary N) is 4. The van der Waals surface area contributed by atoms with Crippen LogP contribution in [-0.4, -0.2) is 70.9 Å². The van der Waals surface area contributed by atoms with Crippen molar-refractivity contribution in [3.63, 3.8) is 0 Å². The summed E-state index contributed by atoms with van der Waals surface area (Å²) in [5, 5.41) is 11.4. The summed E-state index contributed by atoms with van der Waals surface area (Å²) >= 11 is 5.06. The van der Waals surface area contributed by atoms with E-state index < -0.39 is 18.1 Å². The summed E-state index contributed by atoms with van der Waals surface area (Å²) in [6.07, 6.45) is 6.76. The van der Waals surface area contributed by atoms with Gasteiger partial charge in [-0.2, -0.15) is 0 Å². The molecule has 0 unspecified atom stereocenters. The molecule has 1 aliphatic heterocycles. The molecule has 3 atom stereocenters. The number of aromatic nitrogens is 2. The van der Waals surface area contributed by atoms with Gasteiger partial charge in [-0.05, 0) is 96.0 Å². The molecule has 0 aliphatic carbocycles. The number of nitrogens with two attached hydrogens (primary N) is 2. The molecular formula is C36H45BrN8O3S. The predicted octanol–water partition coefficient (Wildman–Crippen LogP) is 3.99. The van der Waals surface area contributed by atoms with E-state index in [1.807, 2.05) is 60.8 Å². The van der Waals surface area contributed by atoms with Crippen molar-refractivity contribution >= 4 is 56.3 Å². The van der Waals surface area contributed by atoms with Crippen molar-refractivity contribution in [1.82, 2.24) is 30.8 Å². The first-order valence-corrected chi connectivity index (χ1v) is 18.3. The molecule has 0 fully saturated rings. The third-order valence-corrected chi connectivity index (χ3v) is 10.5. The van der Waals surface area contributed by atoms with Crippen molar-refractivity contribution in [2.75, 3.05) is 20.1 Å². The Morgan fingerprint density at radius 2 is 1.67 bits per heavy atom. The lowest BCUT2D eigenvalue weighted by Crippen LogP contribution is -2.57. The molecule has 260 valence electrons. The van der Waals surface area contributed by atoms with Crippen LogP contribution in [0.3, 0.4) is 0 Å². The number of hydrogen-bond donors (Lipinski definition) is 6. The highest BCUT2D eigenvalue weighted by Crippen LogP contribution is 2.33. The number of aromatic amines is 1. The number of H-pyrrole nitrogens is 1. The molecule has 2 aromatic carbocycles. The Labute approximate surface area is 299 Å². The van der Waals surface area contributed by atoms with Crippen LogP contribution in [0.2, 0.25) is 0 Å². The maximum atomic E-state index is 14.3. The van der Waals surface area contributed by atoms with Gasteiger partial charge in [0, 0.05) is 59.2 Å². The normalized spacial score (nSPS) is 19.6. The van der Waals surface area contributed by atoms with E-state index in [1.165, 1.54) is 16.7 Å². The Hall–Kier alpha value is -3.75. The molecule has 8 N–H and O–H groups in total. The van der Waals surface area contributed by atoms with Gasteiger partial charge >= 0.3 is 0 Å². The second kappa shape index (κ2) is 17.8. The van der Waals surface area contributed by atoms with E-state index in [4.69, 9.17) is 16.5 Å². The number of pyridine rings is 1. The number of benzene rings is 2. The first-order valence-electron chi connectivity index (χ1n) is 16.7. The quantitative estimate of drug-likeness (QED) is 0.140. The molecule has 49 heavy (non-hydrogen) atoms. The summed E-state index contributed by atoms with van der Waals surface area (Å²) < 4.78 is 0.817. The third-order valence-electron chi connectivity index (χ3n) is 8.84. The average molecular weight is 750 g/mol. The number of fused-ring (bicyclic) bond motifs is 3. The van der Waals surface area contributed by atoms with E-state index in [0.29, 0.717) is 51.7 Å². The zero-order valence-electron chi connectivity index (χ0n) is 27.7. The Morgan fingerprint density at radius 1 is 0.918 bits per heavy atom. The summed E-state index contributed by atoms with van der Waals surface area (Å²) in [7, 11) is 1.64. The van der Waals surface area contributed by atoms with Crippen LogP contribution in [0.25, 0.3) is 10.9 Å². The lowest BCUT2D eigenvalue weighted by atomic mass is 10.0. The van der Waals surface area contributed by atoms with Crippen LogP contribution in [0.5, 0.6) is 0 Å². The zero-order chi connectivity index (χ0) is 34.8. The summed E-state index contributed by atoms with van der Waals surface area (Å²) in [5.74, 6) is -0.915. The summed E-state index contributed by atoms with van der Waals surface area (Å²) in [4.78, 5) is 52.9. The van der Waals surface area contributed by atoms with Crippen LogP contribution < -0.4 is 27.4 Å². The van der Waals surface area contributed by atoms with E-state index in [1.54, 1.807) is 13.2 Å². The largest absolute Gasteiger partial charge is 0.361 e. The molecule has 3 amide bonds. The van der Waals surface area contributed by atoms with Crippen molar-refractivity contribution in [1.29, 1.82) is 0 Å². The minimum atomic E-state index is -0.848. The highest BCUT2D eigenvalue weighted by molar-refractivity contribution is 9.10. The lowest BCUT2D eigenvalue weighted by Gasteiger charge is -2.32. The number of nitrogens with zero attached hydrogens (tertiary/aromatic N) is 2. The molecule has 0 spiro atoms. The molecule has 3 heterocycles. The van der Waals surface area contributed by atoms with Gasteiger partial charge < -0.3 is 37.3 Å². The Balaban J connectivity index is 1.55. The Morgan fingerprint density at radius 3 is 2.49 bits per heavy atom. The zero-order valence-corrected chi connectivity index (χ0v) is 30.1. The number of halogens is 1. The van der Waals surface area contributed by atoms with E-state index in [2.05, 4.69) is 36.9 Å². The number of unbranched alkanes of at least 4 members (excludes halogenated alkanes) is 1. The molecule has 0 bridgehead atoms. The van der Waals surface area contributed by atoms with Crippen molar-refractivity contribution in [2.45, 2.75) is 79.7 Å². The lowest BCUT2D eigenvalue weighted by molar-refractivity contribution is -0.142. The highest BCUT2D eigenvalue weighted by Gasteiger charge is 2.34. The Bertz CT molecular complexity index is 1750. The van der Waals surface area contributed by atoms with E-state index in [-0.39, 0.29) is 30.7 Å². The first-order chi connectivity index (χ1) is 23.8. The maximum absolute atomic E-state index is 14.3. The van der Waals surface area contributed by atoms with E-state index >= 15 is 0 Å². The Kier molecular flexibility index (Phi) is 13.2. The SMILES string of the molecule is CN1C(=O)[C@H](CCCCN)NC(=O)[C@H](CCCN)NCc2cc(Br)cnc2Sc2ccccc2CNC(=O)[C@@H]1Cc1c[nH]c2ccccc12. The minimum Gasteiger partial charge on any atom is -0.361 e. The van der Waals surface area contributed by atoms with E-state index in [0.717, 1.165) is 42.0 Å². The second-order valence-electron chi connectivity index (χ2n) is 12.3. The average Bonchev–Trinajstić information content (AvgIpc) is 3.52. The fourth-order valence-corrected chi connectivity index (χ4v) is 7.43. The van der Waals surface area contributed by atoms with Gasteiger partial charge in [0.1, 0.15) is 17.1 Å². The van der Waals surface area contributed by atoms with Gasteiger partial charge in [-0.3, -0.25) is 14.4 Å². The van der Waals surface area contributed by atoms with Gasteiger partial charge in [-0.15, -0.1) is 0 Å². The van der Waals surface area contributed by atoms with Crippen molar-refractivity contribution in [3.8, 4) is 0 Å². The molecule has 11 nitrogen and oxygen atoms in total. The number of hydrogen-bond acceptors (Lipinski definition) is 8. The first kappa shape index (κ1) is 36.5. The van der Waals surface area contributed by atoms with Gasteiger partial charge in [-0.25, -0.2) is 4.98 Å². The fraction of sp³-hybridized carbons (Fsp3) is 0.389. The summed E-state index contributed by atoms with van der Waals surface area (Å²) in [5.41, 5.74) is 15.4. The van der Waals surface area contributed by atoms with Gasteiger partial charge in [0.05, 0.1) is 6.04 Å². The van der Waals surface area contributed by atoms with Crippen LogP contribution >= 0.6 is 27.7 Å². The molecule has 0 saturated heterocycles. The van der Waals surface area contributed by atoms with Gasteiger partial charge in [0.15, 0.2) is 0 Å².